The van der Waals surface area contributed by atoms with Gasteiger partial charge in [0.2, 0.25) is 0 Å². The topological polar surface area (TPSA) is 6.48 Å². The van der Waals surface area contributed by atoms with Gasteiger partial charge in [-0.2, -0.15) is 0 Å². The molecule has 3 rings (SSSR count). The molecule has 0 aromatic heterocycles. The SMILES string of the molecule is CN(C1CC1)C1CCN(Cc2ccccc2)C1. The van der Waals surface area contributed by atoms with Crippen molar-refractivity contribution >= 4 is 0 Å². The van der Waals surface area contributed by atoms with Crippen molar-refractivity contribution in [2.75, 3.05) is 20.1 Å². The molecule has 1 saturated heterocycles. The van der Waals surface area contributed by atoms with Gasteiger partial charge in [0.15, 0.2) is 0 Å². The van der Waals surface area contributed by atoms with E-state index in [0.29, 0.717) is 0 Å². The van der Waals surface area contributed by atoms with E-state index in [1.165, 1.54) is 37.9 Å². The summed E-state index contributed by atoms with van der Waals surface area (Å²) in [6, 6.07) is 12.5. The molecular formula is C15H22N2. The van der Waals surface area contributed by atoms with Crippen LogP contribution in [0.4, 0.5) is 0 Å². The average molecular weight is 230 g/mol. The van der Waals surface area contributed by atoms with Crippen molar-refractivity contribution in [3.8, 4) is 0 Å². The van der Waals surface area contributed by atoms with Crippen LogP contribution < -0.4 is 0 Å². The summed E-state index contributed by atoms with van der Waals surface area (Å²) in [4.78, 5) is 5.21. The highest BCUT2D eigenvalue weighted by Crippen LogP contribution is 2.30. The highest BCUT2D eigenvalue weighted by Gasteiger charge is 2.34. The van der Waals surface area contributed by atoms with Gasteiger partial charge in [-0.05, 0) is 31.9 Å². The van der Waals surface area contributed by atoms with E-state index in [2.05, 4.69) is 47.2 Å². The maximum atomic E-state index is 2.62. The van der Waals surface area contributed by atoms with Crippen LogP contribution in [0.15, 0.2) is 30.3 Å². The Labute approximate surface area is 104 Å². The van der Waals surface area contributed by atoms with Crippen LogP contribution >= 0.6 is 0 Å². The van der Waals surface area contributed by atoms with Crippen LogP contribution in [0.5, 0.6) is 0 Å². The number of likely N-dealkylation sites (tertiary alicyclic amines) is 1. The van der Waals surface area contributed by atoms with E-state index in [1.807, 2.05) is 0 Å². The Kier molecular flexibility index (Phi) is 3.17. The maximum Gasteiger partial charge on any atom is 0.0235 e. The summed E-state index contributed by atoms with van der Waals surface area (Å²) in [5.74, 6) is 0. The number of hydrogen-bond donors (Lipinski definition) is 0. The quantitative estimate of drug-likeness (QED) is 0.783. The van der Waals surface area contributed by atoms with Crippen molar-refractivity contribution < 1.29 is 0 Å². The second kappa shape index (κ2) is 4.79. The van der Waals surface area contributed by atoms with E-state index < -0.39 is 0 Å². The summed E-state index contributed by atoms with van der Waals surface area (Å²) in [6.45, 7) is 3.63. The minimum Gasteiger partial charge on any atom is -0.299 e. The van der Waals surface area contributed by atoms with Crippen LogP contribution in [0, 0.1) is 0 Å². The summed E-state index contributed by atoms with van der Waals surface area (Å²) in [5, 5.41) is 0. The average Bonchev–Trinajstić information content (AvgIpc) is 3.11. The van der Waals surface area contributed by atoms with Crippen LogP contribution in [-0.2, 0) is 6.54 Å². The van der Waals surface area contributed by atoms with Gasteiger partial charge in [-0.25, -0.2) is 0 Å². The van der Waals surface area contributed by atoms with Gasteiger partial charge in [0.1, 0.15) is 0 Å². The maximum absolute atomic E-state index is 2.62. The van der Waals surface area contributed by atoms with Gasteiger partial charge in [-0.1, -0.05) is 30.3 Å². The van der Waals surface area contributed by atoms with Gasteiger partial charge in [0, 0.05) is 31.7 Å². The molecule has 1 saturated carbocycles. The van der Waals surface area contributed by atoms with Crippen molar-refractivity contribution in [2.45, 2.75) is 37.9 Å². The van der Waals surface area contributed by atoms with Gasteiger partial charge in [-0.3, -0.25) is 9.80 Å². The molecule has 0 bridgehead atoms. The number of hydrogen-bond acceptors (Lipinski definition) is 2. The van der Waals surface area contributed by atoms with Crippen molar-refractivity contribution in [1.82, 2.24) is 9.80 Å². The van der Waals surface area contributed by atoms with Gasteiger partial charge >= 0.3 is 0 Å². The second-order valence-electron chi connectivity index (χ2n) is 5.56. The first kappa shape index (κ1) is 11.2. The normalized spacial score (nSPS) is 25.6. The predicted octanol–water partition coefficient (Wildman–Crippen LogP) is 2.36. The van der Waals surface area contributed by atoms with Gasteiger partial charge in [0.05, 0.1) is 0 Å². The standard InChI is InChI=1S/C15H22N2/c1-16(14-7-8-14)15-9-10-17(12-15)11-13-5-3-2-4-6-13/h2-6,14-15H,7-12H2,1H3. The highest BCUT2D eigenvalue weighted by molar-refractivity contribution is 5.14. The summed E-state index contributed by atoms with van der Waals surface area (Å²) < 4.78 is 0. The predicted molar refractivity (Wildman–Crippen MR) is 70.9 cm³/mol. The molecule has 17 heavy (non-hydrogen) atoms. The Morgan fingerprint density at radius 3 is 2.59 bits per heavy atom. The fraction of sp³-hybridized carbons (Fsp3) is 0.600. The third kappa shape index (κ3) is 2.70. The largest absolute Gasteiger partial charge is 0.299 e. The molecular weight excluding hydrogens is 208 g/mol. The van der Waals surface area contributed by atoms with E-state index >= 15 is 0 Å². The Hall–Kier alpha value is -0.860. The van der Waals surface area contributed by atoms with E-state index in [1.54, 1.807) is 0 Å². The summed E-state index contributed by atoms with van der Waals surface area (Å²) >= 11 is 0. The molecule has 0 N–H and O–H groups in total. The fourth-order valence-electron chi connectivity index (χ4n) is 2.91. The van der Waals surface area contributed by atoms with Crippen molar-refractivity contribution in [3.05, 3.63) is 35.9 Å². The second-order valence-corrected chi connectivity index (χ2v) is 5.56. The Morgan fingerprint density at radius 2 is 1.88 bits per heavy atom. The van der Waals surface area contributed by atoms with Crippen LogP contribution in [0.1, 0.15) is 24.8 Å². The number of rotatable bonds is 4. The smallest absolute Gasteiger partial charge is 0.0235 e. The molecule has 1 aromatic carbocycles. The van der Waals surface area contributed by atoms with E-state index in [0.717, 1.165) is 18.6 Å². The Morgan fingerprint density at radius 1 is 1.12 bits per heavy atom. The van der Waals surface area contributed by atoms with Crippen LogP contribution in [-0.4, -0.2) is 42.0 Å². The molecule has 0 radical (unpaired) electrons. The first-order valence-electron chi connectivity index (χ1n) is 6.81. The molecule has 2 aliphatic rings. The molecule has 0 spiro atoms. The lowest BCUT2D eigenvalue weighted by Gasteiger charge is -2.24. The number of benzene rings is 1. The first-order valence-corrected chi connectivity index (χ1v) is 6.81. The number of likely N-dealkylation sites (N-methyl/N-ethyl adjacent to an activating group) is 1. The number of nitrogens with zero attached hydrogens (tertiary/aromatic N) is 2. The highest BCUT2D eigenvalue weighted by atomic mass is 15.3. The van der Waals surface area contributed by atoms with E-state index in [9.17, 15) is 0 Å². The molecule has 1 unspecified atom stereocenters. The molecule has 0 amide bonds. The van der Waals surface area contributed by atoms with E-state index in [4.69, 9.17) is 0 Å². The minimum atomic E-state index is 0.797. The fourth-order valence-corrected chi connectivity index (χ4v) is 2.91. The van der Waals surface area contributed by atoms with Crippen LogP contribution in [0.2, 0.25) is 0 Å². The third-order valence-electron chi connectivity index (χ3n) is 4.20. The zero-order valence-electron chi connectivity index (χ0n) is 10.7. The first-order chi connectivity index (χ1) is 8.33. The lowest BCUT2D eigenvalue weighted by Crippen LogP contribution is -2.35. The molecule has 92 valence electrons. The molecule has 2 heteroatoms. The van der Waals surface area contributed by atoms with Crippen molar-refractivity contribution in [3.63, 3.8) is 0 Å². The van der Waals surface area contributed by atoms with Crippen molar-refractivity contribution in [2.24, 2.45) is 0 Å². The summed E-state index contributed by atoms with van der Waals surface area (Å²) in [6.07, 6.45) is 4.19. The summed E-state index contributed by atoms with van der Waals surface area (Å²) in [7, 11) is 2.31. The van der Waals surface area contributed by atoms with Gasteiger partial charge < -0.3 is 0 Å². The molecule has 1 aromatic rings. The lowest BCUT2D eigenvalue weighted by atomic mass is 10.2. The molecule has 1 heterocycles. The van der Waals surface area contributed by atoms with E-state index in [-0.39, 0.29) is 0 Å². The van der Waals surface area contributed by atoms with Crippen LogP contribution in [0.3, 0.4) is 0 Å². The molecule has 2 nitrogen and oxygen atoms in total. The Bertz CT molecular complexity index is 358. The zero-order chi connectivity index (χ0) is 11.7. The van der Waals surface area contributed by atoms with Gasteiger partial charge in [0.25, 0.3) is 0 Å². The Balaban J connectivity index is 1.53. The minimum absolute atomic E-state index is 0.797. The molecule has 1 aliphatic carbocycles. The third-order valence-corrected chi connectivity index (χ3v) is 4.20. The van der Waals surface area contributed by atoms with Crippen molar-refractivity contribution in [1.29, 1.82) is 0 Å². The van der Waals surface area contributed by atoms with Gasteiger partial charge in [-0.15, -0.1) is 0 Å². The van der Waals surface area contributed by atoms with Crippen LogP contribution in [0.25, 0.3) is 0 Å². The zero-order valence-corrected chi connectivity index (χ0v) is 10.7. The lowest BCUT2D eigenvalue weighted by molar-refractivity contribution is 0.221. The molecule has 1 atom stereocenters. The summed E-state index contributed by atoms with van der Waals surface area (Å²) in [5.41, 5.74) is 1.45. The molecule has 1 aliphatic heterocycles. The monoisotopic (exact) mass is 230 g/mol. The molecule has 2 fully saturated rings.